The molecule has 4 rings (SSSR count). The van der Waals surface area contributed by atoms with Gasteiger partial charge >= 0.3 is 0 Å². The van der Waals surface area contributed by atoms with Crippen LogP contribution in [0.25, 0.3) is 0 Å². The van der Waals surface area contributed by atoms with Crippen LogP contribution >= 0.6 is 0 Å². The van der Waals surface area contributed by atoms with Crippen molar-refractivity contribution in [2.45, 2.75) is 45.8 Å². The molecular weight excluding hydrogens is 314 g/mol. The molecule has 1 nitrogen and oxygen atoms in total. The van der Waals surface area contributed by atoms with Crippen LogP contribution in [0.3, 0.4) is 0 Å². The predicted molar refractivity (Wildman–Crippen MR) is 109 cm³/mol. The summed E-state index contributed by atoms with van der Waals surface area (Å²) in [6, 6.07) is 27.1. The van der Waals surface area contributed by atoms with Crippen molar-refractivity contribution >= 4 is 0 Å². The molecule has 1 atom stereocenters. The van der Waals surface area contributed by atoms with Gasteiger partial charge in [0.05, 0.1) is 0 Å². The minimum Gasteiger partial charge on any atom is -0.291 e. The van der Waals surface area contributed by atoms with Gasteiger partial charge in [-0.05, 0) is 60.1 Å². The van der Waals surface area contributed by atoms with Gasteiger partial charge in [0.1, 0.15) is 0 Å². The largest absolute Gasteiger partial charge is 0.291 e. The Kier molecular flexibility index (Phi) is 4.90. The average molecular weight is 341 g/mol. The fraction of sp³-hybridized carbons (Fsp3) is 0.280. The lowest BCUT2D eigenvalue weighted by atomic mass is 9.87. The van der Waals surface area contributed by atoms with E-state index in [9.17, 15) is 0 Å². The van der Waals surface area contributed by atoms with Crippen LogP contribution < -0.4 is 0 Å². The second-order valence-corrected chi connectivity index (χ2v) is 7.59. The van der Waals surface area contributed by atoms with Crippen LogP contribution in [0.5, 0.6) is 0 Å². The second-order valence-electron chi connectivity index (χ2n) is 7.59. The first kappa shape index (κ1) is 17.1. The van der Waals surface area contributed by atoms with Gasteiger partial charge in [0, 0.05) is 19.1 Å². The minimum absolute atomic E-state index is 0.546. The molecule has 0 bridgehead atoms. The second kappa shape index (κ2) is 7.47. The normalized spacial score (nSPS) is 17.1. The van der Waals surface area contributed by atoms with Gasteiger partial charge in [-0.3, -0.25) is 4.90 Å². The number of aryl methyl sites for hydroxylation is 2. The number of rotatable bonds is 4. The van der Waals surface area contributed by atoms with E-state index in [0.29, 0.717) is 6.04 Å². The zero-order chi connectivity index (χ0) is 17.9. The molecule has 1 heteroatoms. The Morgan fingerprint density at radius 3 is 2.35 bits per heavy atom. The maximum absolute atomic E-state index is 2.67. The fourth-order valence-electron chi connectivity index (χ4n) is 4.21. The highest BCUT2D eigenvalue weighted by atomic mass is 15.2. The van der Waals surface area contributed by atoms with Crippen LogP contribution in [0.4, 0.5) is 0 Å². The first-order valence-corrected chi connectivity index (χ1v) is 9.60. The number of nitrogens with zero attached hydrogens (tertiary/aromatic N) is 1. The van der Waals surface area contributed by atoms with Crippen LogP contribution in [0.15, 0.2) is 72.8 Å². The Hall–Kier alpha value is -2.38. The molecule has 0 fully saturated rings. The summed E-state index contributed by atoms with van der Waals surface area (Å²) < 4.78 is 0. The molecule has 0 N–H and O–H groups in total. The van der Waals surface area contributed by atoms with E-state index in [4.69, 9.17) is 0 Å². The lowest BCUT2D eigenvalue weighted by Gasteiger charge is -2.38. The molecular formula is C25H27N. The molecule has 132 valence electrons. The Bertz CT molecular complexity index is 882. The molecule has 0 aliphatic carbocycles. The molecule has 26 heavy (non-hydrogen) atoms. The molecule has 1 aliphatic heterocycles. The van der Waals surface area contributed by atoms with Gasteiger partial charge in [-0.1, -0.05) is 72.8 Å². The average Bonchev–Trinajstić information content (AvgIpc) is 2.65. The predicted octanol–water partition coefficient (Wildman–Crippen LogP) is 5.47. The Morgan fingerprint density at radius 1 is 0.808 bits per heavy atom. The lowest BCUT2D eigenvalue weighted by molar-refractivity contribution is 0.161. The van der Waals surface area contributed by atoms with E-state index in [0.717, 1.165) is 25.9 Å². The van der Waals surface area contributed by atoms with Crippen molar-refractivity contribution in [2.24, 2.45) is 0 Å². The highest BCUT2D eigenvalue weighted by Gasteiger charge is 2.27. The van der Waals surface area contributed by atoms with Crippen molar-refractivity contribution in [2.75, 3.05) is 0 Å². The molecule has 3 aromatic rings. The molecule has 3 aromatic carbocycles. The van der Waals surface area contributed by atoms with Gasteiger partial charge < -0.3 is 0 Å². The number of hydrogen-bond acceptors (Lipinski definition) is 1. The molecule has 0 amide bonds. The smallest absolute Gasteiger partial charge is 0.0243 e. The third-order valence-electron chi connectivity index (χ3n) is 5.78. The molecule has 0 saturated heterocycles. The number of fused-ring (bicyclic) bond motifs is 1. The summed E-state index contributed by atoms with van der Waals surface area (Å²) in [7, 11) is 0. The molecule has 0 saturated carbocycles. The summed E-state index contributed by atoms with van der Waals surface area (Å²) in [6.45, 7) is 6.56. The molecule has 0 spiro atoms. The first-order chi connectivity index (χ1) is 12.7. The minimum atomic E-state index is 0.546. The summed E-state index contributed by atoms with van der Waals surface area (Å²) in [5.74, 6) is 0. The van der Waals surface area contributed by atoms with Crippen molar-refractivity contribution in [3.05, 3.63) is 106 Å². The van der Waals surface area contributed by atoms with E-state index in [2.05, 4.69) is 91.5 Å². The van der Waals surface area contributed by atoms with E-state index in [-0.39, 0.29) is 0 Å². The topological polar surface area (TPSA) is 3.24 Å². The van der Waals surface area contributed by atoms with Gasteiger partial charge in [-0.25, -0.2) is 0 Å². The van der Waals surface area contributed by atoms with Gasteiger partial charge in [-0.2, -0.15) is 0 Å². The Morgan fingerprint density at radius 2 is 1.54 bits per heavy atom. The van der Waals surface area contributed by atoms with E-state index in [1.54, 1.807) is 5.56 Å². The summed E-state index contributed by atoms with van der Waals surface area (Å²) >= 11 is 0. The van der Waals surface area contributed by atoms with E-state index >= 15 is 0 Å². The van der Waals surface area contributed by atoms with Crippen molar-refractivity contribution < 1.29 is 0 Å². The van der Waals surface area contributed by atoms with E-state index in [1.807, 2.05) is 0 Å². The van der Waals surface area contributed by atoms with Crippen LogP contribution in [-0.2, 0) is 25.9 Å². The zero-order valence-corrected chi connectivity index (χ0v) is 15.8. The van der Waals surface area contributed by atoms with Gasteiger partial charge in [0.15, 0.2) is 0 Å². The van der Waals surface area contributed by atoms with E-state index in [1.165, 1.54) is 27.8 Å². The third kappa shape index (κ3) is 3.59. The molecule has 0 radical (unpaired) electrons. The van der Waals surface area contributed by atoms with Gasteiger partial charge in [0.25, 0.3) is 0 Å². The van der Waals surface area contributed by atoms with Crippen molar-refractivity contribution in [3.63, 3.8) is 0 Å². The summed E-state index contributed by atoms with van der Waals surface area (Å²) in [6.07, 6.45) is 2.26. The summed E-state index contributed by atoms with van der Waals surface area (Å²) in [5, 5.41) is 0. The summed E-state index contributed by atoms with van der Waals surface area (Å²) in [5.41, 5.74) is 8.79. The molecule has 0 aromatic heterocycles. The van der Waals surface area contributed by atoms with Crippen LogP contribution in [0.1, 0.15) is 33.4 Å². The SMILES string of the molecule is Cc1ccccc1C[C@H]1Cc2c(C)cccc2CN1Cc1ccccc1. The fourth-order valence-corrected chi connectivity index (χ4v) is 4.21. The highest BCUT2D eigenvalue weighted by Crippen LogP contribution is 2.29. The van der Waals surface area contributed by atoms with Crippen molar-refractivity contribution in [3.8, 4) is 0 Å². The maximum atomic E-state index is 2.67. The standard InChI is InChI=1S/C25H27N/c1-19-9-6-7-13-22(19)15-24-16-25-20(2)10-8-14-23(25)18-26(24)17-21-11-4-3-5-12-21/h3-14,24H,15-18H2,1-2H3/t24-/m0/s1. The van der Waals surface area contributed by atoms with Crippen molar-refractivity contribution in [1.82, 2.24) is 4.90 Å². The maximum Gasteiger partial charge on any atom is 0.0243 e. The zero-order valence-electron chi connectivity index (χ0n) is 15.8. The van der Waals surface area contributed by atoms with Crippen molar-refractivity contribution in [1.29, 1.82) is 0 Å². The van der Waals surface area contributed by atoms with Gasteiger partial charge in [-0.15, -0.1) is 0 Å². The molecule has 1 aliphatic rings. The van der Waals surface area contributed by atoms with Gasteiger partial charge in [0.2, 0.25) is 0 Å². The monoisotopic (exact) mass is 341 g/mol. The first-order valence-electron chi connectivity index (χ1n) is 9.60. The number of benzene rings is 3. The third-order valence-corrected chi connectivity index (χ3v) is 5.78. The Balaban J connectivity index is 1.65. The molecule has 0 unspecified atom stereocenters. The van der Waals surface area contributed by atoms with E-state index < -0.39 is 0 Å². The molecule has 1 heterocycles. The summed E-state index contributed by atoms with van der Waals surface area (Å²) in [4.78, 5) is 2.67. The van der Waals surface area contributed by atoms with Crippen LogP contribution in [0.2, 0.25) is 0 Å². The Labute approximate surface area is 157 Å². The lowest BCUT2D eigenvalue weighted by Crippen LogP contribution is -2.41. The van der Waals surface area contributed by atoms with Crippen LogP contribution in [-0.4, -0.2) is 10.9 Å². The highest BCUT2D eigenvalue weighted by molar-refractivity contribution is 5.38. The van der Waals surface area contributed by atoms with Crippen LogP contribution in [0, 0.1) is 13.8 Å². The quantitative estimate of drug-likeness (QED) is 0.608. The number of hydrogen-bond donors (Lipinski definition) is 0.